The number of anilines is 1. The summed E-state index contributed by atoms with van der Waals surface area (Å²) in [5.41, 5.74) is 6.65. The van der Waals surface area contributed by atoms with Crippen LogP contribution in [0.3, 0.4) is 0 Å². The quantitative estimate of drug-likeness (QED) is 0.872. The Balaban J connectivity index is 1.99. The van der Waals surface area contributed by atoms with Gasteiger partial charge in [0.1, 0.15) is 11.6 Å². The van der Waals surface area contributed by atoms with E-state index in [1.165, 1.54) is 18.0 Å². The first kappa shape index (κ1) is 12.3. The molecular formula is C13H15N3O2. The standard InChI is InChI=1S/C13H15N3O2/c1-17-7-6-10-2-4-11(5-3-10)18-13-9-15-12(14)8-16-13/h2-5,8-9H,6-7H2,1H3,(H2,14,15). The van der Waals surface area contributed by atoms with Crippen molar-refractivity contribution in [3.8, 4) is 11.6 Å². The highest BCUT2D eigenvalue weighted by atomic mass is 16.5. The SMILES string of the molecule is COCCc1ccc(Oc2cnc(N)cn2)cc1. The molecule has 18 heavy (non-hydrogen) atoms. The van der Waals surface area contributed by atoms with Gasteiger partial charge in [-0.25, -0.2) is 9.97 Å². The van der Waals surface area contributed by atoms with Gasteiger partial charge < -0.3 is 15.2 Å². The number of aromatic nitrogens is 2. The lowest BCUT2D eigenvalue weighted by molar-refractivity contribution is 0.202. The second-order valence-corrected chi connectivity index (χ2v) is 3.77. The van der Waals surface area contributed by atoms with Crippen LogP contribution in [-0.4, -0.2) is 23.7 Å². The third kappa shape index (κ3) is 3.43. The molecule has 5 nitrogen and oxygen atoms in total. The summed E-state index contributed by atoms with van der Waals surface area (Å²) in [7, 11) is 1.69. The molecular weight excluding hydrogens is 230 g/mol. The van der Waals surface area contributed by atoms with Crippen LogP contribution in [-0.2, 0) is 11.2 Å². The van der Waals surface area contributed by atoms with E-state index in [0.717, 1.165) is 12.2 Å². The monoisotopic (exact) mass is 245 g/mol. The number of benzene rings is 1. The molecule has 0 aliphatic heterocycles. The Morgan fingerprint density at radius 1 is 1.11 bits per heavy atom. The second-order valence-electron chi connectivity index (χ2n) is 3.77. The van der Waals surface area contributed by atoms with E-state index in [9.17, 15) is 0 Å². The molecule has 1 aromatic heterocycles. The van der Waals surface area contributed by atoms with E-state index >= 15 is 0 Å². The number of nitrogens with zero attached hydrogens (tertiary/aromatic N) is 2. The van der Waals surface area contributed by atoms with Gasteiger partial charge in [0.2, 0.25) is 5.88 Å². The Hall–Kier alpha value is -2.14. The van der Waals surface area contributed by atoms with Crippen LogP contribution in [0.5, 0.6) is 11.6 Å². The van der Waals surface area contributed by atoms with Gasteiger partial charge in [-0.1, -0.05) is 12.1 Å². The third-order valence-corrected chi connectivity index (χ3v) is 2.39. The number of hydrogen-bond acceptors (Lipinski definition) is 5. The van der Waals surface area contributed by atoms with Gasteiger partial charge in [0.15, 0.2) is 0 Å². The van der Waals surface area contributed by atoms with Gasteiger partial charge >= 0.3 is 0 Å². The van der Waals surface area contributed by atoms with Crippen LogP contribution in [0, 0.1) is 0 Å². The van der Waals surface area contributed by atoms with Crippen LogP contribution in [0.15, 0.2) is 36.7 Å². The summed E-state index contributed by atoms with van der Waals surface area (Å²) in [6.45, 7) is 0.712. The zero-order chi connectivity index (χ0) is 12.8. The van der Waals surface area contributed by atoms with Crippen molar-refractivity contribution in [3.63, 3.8) is 0 Å². The van der Waals surface area contributed by atoms with Crippen LogP contribution in [0.4, 0.5) is 5.82 Å². The summed E-state index contributed by atoms with van der Waals surface area (Å²) in [5, 5.41) is 0. The minimum absolute atomic E-state index is 0.372. The van der Waals surface area contributed by atoms with Gasteiger partial charge in [-0.2, -0.15) is 0 Å². The number of methoxy groups -OCH3 is 1. The van der Waals surface area contributed by atoms with Gasteiger partial charge in [0, 0.05) is 7.11 Å². The Kier molecular flexibility index (Phi) is 4.09. The van der Waals surface area contributed by atoms with Crippen LogP contribution >= 0.6 is 0 Å². The highest BCUT2D eigenvalue weighted by Gasteiger charge is 1.99. The van der Waals surface area contributed by atoms with Gasteiger partial charge in [-0.15, -0.1) is 0 Å². The molecule has 94 valence electrons. The molecule has 0 unspecified atom stereocenters. The summed E-state index contributed by atoms with van der Waals surface area (Å²) in [4.78, 5) is 7.92. The lowest BCUT2D eigenvalue weighted by Crippen LogP contribution is -1.95. The molecule has 5 heteroatoms. The van der Waals surface area contributed by atoms with Crippen molar-refractivity contribution in [1.82, 2.24) is 9.97 Å². The van der Waals surface area contributed by atoms with Crippen LogP contribution in [0.1, 0.15) is 5.56 Å². The highest BCUT2D eigenvalue weighted by Crippen LogP contribution is 2.19. The fraction of sp³-hybridized carbons (Fsp3) is 0.231. The number of hydrogen-bond donors (Lipinski definition) is 1. The molecule has 0 atom stereocenters. The molecule has 0 amide bonds. The molecule has 0 spiro atoms. The Morgan fingerprint density at radius 2 is 1.89 bits per heavy atom. The third-order valence-electron chi connectivity index (χ3n) is 2.39. The molecule has 0 bridgehead atoms. The summed E-state index contributed by atoms with van der Waals surface area (Å²) in [6.07, 6.45) is 3.84. The van der Waals surface area contributed by atoms with Gasteiger partial charge in [0.05, 0.1) is 19.0 Å². The van der Waals surface area contributed by atoms with Gasteiger partial charge in [-0.3, -0.25) is 0 Å². The van der Waals surface area contributed by atoms with E-state index in [4.69, 9.17) is 15.2 Å². The smallest absolute Gasteiger partial charge is 0.237 e. The maximum atomic E-state index is 5.53. The first-order valence-corrected chi connectivity index (χ1v) is 5.61. The van der Waals surface area contributed by atoms with Crippen molar-refractivity contribution >= 4 is 5.82 Å². The van der Waals surface area contributed by atoms with E-state index in [1.807, 2.05) is 24.3 Å². The minimum Gasteiger partial charge on any atom is -0.438 e. The first-order chi connectivity index (χ1) is 8.78. The van der Waals surface area contributed by atoms with Gasteiger partial charge in [-0.05, 0) is 24.1 Å². The average Bonchev–Trinajstić information content (AvgIpc) is 2.41. The number of rotatable bonds is 5. The number of nitrogens with two attached hydrogens (primary N) is 1. The Bertz CT molecular complexity index is 483. The largest absolute Gasteiger partial charge is 0.438 e. The van der Waals surface area contributed by atoms with Gasteiger partial charge in [0.25, 0.3) is 0 Å². The molecule has 0 radical (unpaired) electrons. The minimum atomic E-state index is 0.372. The molecule has 1 heterocycles. The zero-order valence-electron chi connectivity index (χ0n) is 10.2. The lowest BCUT2D eigenvalue weighted by Gasteiger charge is -2.05. The molecule has 0 aliphatic rings. The summed E-state index contributed by atoms with van der Waals surface area (Å²) in [6, 6.07) is 7.78. The molecule has 0 saturated carbocycles. The van der Waals surface area contributed by atoms with Crippen LogP contribution < -0.4 is 10.5 Å². The summed E-state index contributed by atoms with van der Waals surface area (Å²) < 4.78 is 10.6. The predicted molar refractivity (Wildman–Crippen MR) is 68.5 cm³/mol. The Labute approximate surface area is 106 Å². The van der Waals surface area contributed by atoms with E-state index < -0.39 is 0 Å². The van der Waals surface area contributed by atoms with E-state index in [0.29, 0.717) is 18.3 Å². The fourth-order valence-corrected chi connectivity index (χ4v) is 1.44. The van der Waals surface area contributed by atoms with Crippen molar-refractivity contribution in [2.75, 3.05) is 19.5 Å². The molecule has 1 aromatic carbocycles. The summed E-state index contributed by atoms with van der Waals surface area (Å²) >= 11 is 0. The lowest BCUT2D eigenvalue weighted by atomic mass is 10.1. The van der Waals surface area contributed by atoms with Crippen molar-refractivity contribution in [3.05, 3.63) is 42.2 Å². The fourth-order valence-electron chi connectivity index (χ4n) is 1.44. The molecule has 0 fully saturated rings. The maximum Gasteiger partial charge on any atom is 0.237 e. The molecule has 2 N–H and O–H groups in total. The second kappa shape index (κ2) is 5.97. The number of nitrogen functional groups attached to an aromatic ring is 1. The Morgan fingerprint density at radius 3 is 2.50 bits per heavy atom. The zero-order valence-corrected chi connectivity index (χ0v) is 10.2. The maximum absolute atomic E-state index is 5.53. The molecule has 2 rings (SSSR count). The molecule has 2 aromatic rings. The van der Waals surface area contributed by atoms with Crippen LogP contribution in [0.2, 0.25) is 0 Å². The topological polar surface area (TPSA) is 70.3 Å². The predicted octanol–water partition coefficient (Wildman–Crippen LogP) is 2.04. The average molecular weight is 245 g/mol. The normalized spacial score (nSPS) is 10.3. The van der Waals surface area contributed by atoms with Crippen molar-refractivity contribution in [2.24, 2.45) is 0 Å². The van der Waals surface area contributed by atoms with E-state index in [1.54, 1.807) is 7.11 Å². The highest BCUT2D eigenvalue weighted by molar-refractivity contribution is 5.31. The van der Waals surface area contributed by atoms with Crippen molar-refractivity contribution in [2.45, 2.75) is 6.42 Å². The number of ether oxygens (including phenoxy) is 2. The van der Waals surface area contributed by atoms with E-state index in [2.05, 4.69) is 9.97 Å². The molecule has 0 aliphatic carbocycles. The van der Waals surface area contributed by atoms with Crippen molar-refractivity contribution < 1.29 is 9.47 Å². The van der Waals surface area contributed by atoms with Crippen molar-refractivity contribution in [1.29, 1.82) is 0 Å². The summed E-state index contributed by atoms with van der Waals surface area (Å²) in [5.74, 6) is 1.52. The van der Waals surface area contributed by atoms with E-state index in [-0.39, 0.29) is 0 Å². The molecule has 0 saturated heterocycles. The van der Waals surface area contributed by atoms with Crippen LogP contribution in [0.25, 0.3) is 0 Å². The first-order valence-electron chi connectivity index (χ1n) is 5.61.